The molecule has 3 rings (SSSR count). The summed E-state index contributed by atoms with van der Waals surface area (Å²) in [5.74, 6) is 0.453. The molecule has 1 aromatic rings. The Balaban J connectivity index is 1.64. The van der Waals surface area contributed by atoms with Gasteiger partial charge in [0.25, 0.3) is 0 Å². The predicted molar refractivity (Wildman–Crippen MR) is 71.2 cm³/mol. The van der Waals surface area contributed by atoms with Crippen LogP contribution in [0.15, 0.2) is 18.2 Å². The van der Waals surface area contributed by atoms with Crippen molar-refractivity contribution in [3.8, 4) is 0 Å². The monoisotopic (exact) mass is 268 g/mol. The lowest BCUT2D eigenvalue weighted by Gasteiger charge is -2.34. The smallest absolute Gasteiger partial charge is 0.141 e. The SMILES string of the molecule is Fc1ccc(CN2CCC3NCCC3C2)cc1Cl. The predicted octanol–water partition coefficient (Wildman–Crippen LogP) is 2.66. The molecular formula is C14H18ClFN2. The van der Waals surface area contributed by atoms with Crippen molar-refractivity contribution in [2.45, 2.75) is 25.4 Å². The molecule has 0 aliphatic carbocycles. The Morgan fingerprint density at radius 1 is 1.39 bits per heavy atom. The second kappa shape index (κ2) is 5.16. The highest BCUT2D eigenvalue weighted by Crippen LogP contribution is 2.26. The number of hydrogen-bond acceptors (Lipinski definition) is 2. The van der Waals surface area contributed by atoms with Gasteiger partial charge in [-0.3, -0.25) is 4.90 Å². The molecule has 0 saturated carbocycles. The number of benzene rings is 1. The van der Waals surface area contributed by atoms with Crippen molar-refractivity contribution >= 4 is 11.6 Å². The Labute approximate surface area is 112 Å². The molecule has 2 atom stereocenters. The van der Waals surface area contributed by atoms with Crippen LogP contribution in [0.3, 0.4) is 0 Å². The molecule has 2 heterocycles. The van der Waals surface area contributed by atoms with Gasteiger partial charge in [-0.05, 0) is 49.5 Å². The Kier molecular flexibility index (Phi) is 3.55. The number of halogens is 2. The normalized spacial score (nSPS) is 28.3. The Morgan fingerprint density at radius 3 is 3.11 bits per heavy atom. The number of hydrogen-bond donors (Lipinski definition) is 1. The second-order valence-corrected chi connectivity index (χ2v) is 5.79. The molecule has 0 bridgehead atoms. The highest BCUT2D eigenvalue weighted by atomic mass is 35.5. The van der Waals surface area contributed by atoms with E-state index >= 15 is 0 Å². The summed E-state index contributed by atoms with van der Waals surface area (Å²) < 4.78 is 13.1. The van der Waals surface area contributed by atoms with Crippen LogP contribution in [0.5, 0.6) is 0 Å². The van der Waals surface area contributed by atoms with Crippen LogP contribution in [0.25, 0.3) is 0 Å². The van der Waals surface area contributed by atoms with E-state index < -0.39 is 0 Å². The first kappa shape index (κ1) is 12.4. The molecule has 1 N–H and O–H groups in total. The first-order valence-corrected chi connectivity index (χ1v) is 7.00. The van der Waals surface area contributed by atoms with Crippen LogP contribution in [0.1, 0.15) is 18.4 Å². The molecular weight excluding hydrogens is 251 g/mol. The lowest BCUT2D eigenvalue weighted by molar-refractivity contribution is 0.156. The zero-order valence-corrected chi connectivity index (χ0v) is 11.1. The van der Waals surface area contributed by atoms with E-state index in [0.717, 1.165) is 43.7 Å². The molecule has 98 valence electrons. The van der Waals surface area contributed by atoms with Crippen molar-refractivity contribution in [3.63, 3.8) is 0 Å². The fraction of sp³-hybridized carbons (Fsp3) is 0.571. The molecule has 2 saturated heterocycles. The van der Waals surface area contributed by atoms with Gasteiger partial charge in [0.05, 0.1) is 5.02 Å². The van der Waals surface area contributed by atoms with Gasteiger partial charge in [-0.15, -0.1) is 0 Å². The molecule has 2 nitrogen and oxygen atoms in total. The summed E-state index contributed by atoms with van der Waals surface area (Å²) in [5, 5.41) is 3.79. The zero-order valence-electron chi connectivity index (χ0n) is 10.3. The highest BCUT2D eigenvalue weighted by molar-refractivity contribution is 6.30. The quantitative estimate of drug-likeness (QED) is 0.887. The highest BCUT2D eigenvalue weighted by Gasteiger charge is 2.32. The maximum atomic E-state index is 13.1. The van der Waals surface area contributed by atoms with Crippen LogP contribution >= 0.6 is 11.6 Å². The summed E-state index contributed by atoms with van der Waals surface area (Å²) in [6.45, 7) is 4.30. The number of rotatable bonds is 2. The van der Waals surface area contributed by atoms with Crippen molar-refractivity contribution in [2.24, 2.45) is 5.92 Å². The molecule has 0 spiro atoms. The molecule has 0 amide bonds. The van der Waals surface area contributed by atoms with Gasteiger partial charge >= 0.3 is 0 Å². The maximum Gasteiger partial charge on any atom is 0.141 e. The van der Waals surface area contributed by atoms with Gasteiger partial charge in [-0.1, -0.05) is 17.7 Å². The van der Waals surface area contributed by atoms with E-state index in [1.54, 1.807) is 6.07 Å². The van der Waals surface area contributed by atoms with Gasteiger partial charge in [0, 0.05) is 19.1 Å². The fourth-order valence-corrected chi connectivity index (χ4v) is 3.37. The van der Waals surface area contributed by atoms with Gasteiger partial charge < -0.3 is 5.32 Å². The van der Waals surface area contributed by atoms with E-state index in [9.17, 15) is 4.39 Å². The number of fused-ring (bicyclic) bond motifs is 1. The third-order valence-corrected chi connectivity index (χ3v) is 4.42. The molecule has 1 aromatic carbocycles. The van der Waals surface area contributed by atoms with E-state index in [2.05, 4.69) is 10.2 Å². The Hall–Kier alpha value is -0.640. The summed E-state index contributed by atoms with van der Waals surface area (Å²) in [7, 11) is 0. The van der Waals surface area contributed by atoms with Crippen LogP contribution in [0.2, 0.25) is 5.02 Å². The first-order chi connectivity index (χ1) is 8.72. The maximum absolute atomic E-state index is 13.1. The third kappa shape index (κ3) is 2.53. The average molecular weight is 269 g/mol. The van der Waals surface area contributed by atoms with Gasteiger partial charge in [-0.2, -0.15) is 0 Å². The number of nitrogens with one attached hydrogen (secondary N) is 1. The summed E-state index contributed by atoms with van der Waals surface area (Å²) in [5.41, 5.74) is 1.10. The minimum Gasteiger partial charge on any atom is -0.314 e. The summed E-state index contributed by atoms with van der Waals surface area (Å²) in [6, 6.07) is 5.76. The summed E-state index contributed by atoms with van der Waals surface area (Å²) in [6.07, 6.45) is 2.50. The minimum absolute atomic E-state index is 0.227. The summed E-state index contributed by atoms with van der Waals surface area (Å²) in [4.78, 5) is 2.46. The van der Waals surface area contributed by atoms with Crippen molar-refractivity contribution in [2.75, 3.05) is 19.6 Å². The lowest BCUT2D eigenvalue weighted by Crippen LogP contribution is -2.43. The first-order valence-electron chi connectivity index (χ1n) is 6.62. The van der Waals surface area contributed by atoms with E-state index in [-0.39, 0.29) is 10.8 Å². The largest absolute Gasteiger partial charge is 0.314 e. The molecule has 18 heavy (non-hydrogen) atoms. The average Bonchev–Trinajstić information content (AvgIpc) is 2.81. The third-order valence-electron chi connectivity index (χ3n) is 4.13. The molecule has 2 aliphatic rings. The van der Waals surface area contributed by atoms with E-state index in [1.807, 2.05) is 6.07 Å². The molecule has 2 unspecified atom stereocenters. The molecule has 0 aromatic heterocycles. The fourth-order valence-electron chi connectivity index (χ4n) is 3.16. The van der Waals surface area contributed by atoms with Gasteiger partial charge in [0.15, 0.2) is 0 Å². The Bertz CT molecular complexity index is 438. The van der Waals surface area contributed by atoms with Gasteiger partial charge in [0.1, 0.15) is 5.82 Å². The number of nitrogens with zero attached hydrogens (tertiary/aromatic N) is 1. The second-order valence-electron chi connectivity index (χ2n) is 5.38. The molecule has 4 heteroatoms. The van der Waals surface area contributed by atoms with Crippen LogP contribution in [-0.2, 0) is 6.54 Å². The van der Waals surface area contributed by atoms with E-state index in [4.69, 9.17) is 11.6 Å². The standard InChI is InChI=1S/C14H18ClFN2/c15-12-7-10(1-2-13(12)16)8-18-6-4-14-11(9-18)3-5-17-14/h1-2,7,11,14,17H,3-6,8-9H2. The number of likely N-dealkylation sites (tertiary alicyclic amines) is 1. The topological polar surface area (TPSA) is 15.3 Å². The zero-order chi connectivity index (χ0) is 12.5. The summed E-state index contributed by atoms with van der Waals surface area (Å²) >= 11 is 5.82. The Morgan fingerprint density at radius 2 is 2.28 bits per heavy atom. The van der Waals surface area contributed by atoms with Crippen LogP contribution in [-0.4, -0.2) is 30.6 Å². The van der Waals surface area contributed by atoms with Crippen molar-refractivity contribution < 1.29 is 4.39 Å². The van der Waals surface area contributed by atoms with Crippen molar-refractivity contribution in [1.82, 2.24) is 10.2 Å². The minimum atomic E-state index is -0.334. The van der Waals surface area contributed by atoms with Gasteiger partial charge in [-0.25, -0.2) is 4.39 Å². The van der Waals surface area contributed by atoms with E-state index in [1.165, 1.54) is 18.9 Å². The van der Waals surface area contributed by atoms with Gasteiger partial charge in [0.2, 0.25) is 0 Å². The molecule has 2 fully saturated rings. The lowest BCUT2D eigenvalue weighted by atomic mass is 9.93. The van der Waals surface area contributed by atoms with Crippen molar-refractivity contribution in [1.29, 1.82) is 0 Å². The van der Waals surface area contributed by atoms with Crippen LogP contribution < -0.4 is 5.32 Å². The van der Waals surface area contributed by atoms with E-state index in [0.29, 0.717) is 0 Å². The molecule has 0 radical (unpaired) electrons. The molecule has 2 aliphatic heterocycles. The van der Waals surface area contributed by atoms with Crippen LogP contribution in [0, 0.1) is 11.7 Å². The van der Waals surface area contributed by atoms with Crippen molar-refractivity contribution in [3.05, 3.63) is 34.6 Å². The number of piperidine rings is 1. The van der Waals surface area contributed by atoms with Crippen LogP contribution in [0.4, 0.5) is 4.39 Å².